The zero-order valence-corrected chi connectivity index (χ0v) is 17.8. The van der Waals surface area contributed by atoms with Crippen LogP contribution < -0.4 is 25.6 Å². The highest BCUT2D eigenvalue weighted by Gasteiger charge is 2.34. The van der Waals surface area contributed by atoms with Gasteiger partial charge < -0.3 is 14.8 Å². The summed E-state index contributed by atoms with van der Waals surface area (Å²) in [5.41, 5.74) is 8.23. The van der Waals surface area contributed by atoms with Gasteiger partial charge in [-0.25, -0.2) is 5.43 Å². The van der Waals surface area contributed by atoms with E-state index in [2.05, 4.69) is 16.2 Å². The third-order valence-corrected chi connectivity index (χ3v) is 4.99. The predicted octanol–water partition coefficient (Wildman–Crippen LogP) is 3.61. The van der Waals surface area contributed by atoms with Crippen LogP contribution in [-0.2, 0) is 11.3 Å². The molecule has 1 heterocycles. The number of hydrazine groups is 1. The maximum atomic E-state index is 12.8. The summed E-state index contributed by atoms with van der Waals surface area (Å²) in [6.07, 6.45) is 0.135. The van der Waals surface area contributed by atoms with Crippen molar-refractivity contribution in [2.24, 2.45) is 5.92 Å². The van der Waals surface area contributed by atoms with Crippen molar-refractivity contribution < 1.29 is 14.3 Å². The summed E-state index contributed by atoms with van der Waals surface area (Å²) in [6, 6.07) is 13.2. The molecule has 0 aliphatic carbocycles. The second-order valence-corrected chi connectivity index (χ2v) is 7.67. The third-order valence-electron chi connectivity index (χ3n) is 4.70. The van der Waals surface area contributed by atoms with Crippen molar-refractivity contribution in [3.63, 3.8) is 0 Å². The topological polar surface area (TPSA) is 71.6 Å². The molecule has 6 nitrogen and oxygen atoms in total. The van der Waals surface area contributed by atoms with Crippen molar-refractivity contribution in [1.82, 2.24) is 16.2 Å². The Balaban J connectivity index is 1.60. The molecular formula is C22H28ClN3O3. The first-order valence-electron chi connectivity index (χ1n) is 9.92. The summed E-state index contributed by atoms with van der Waals surface area (Å²) in [6.45, 7) is 7.46. The highest BCUT2D eigenvalue weighted by atomic mass is 35.5. The summed E-state index contributed by atoms with van der Waals surface area (Å²) < 4.78 is 11.1. The van der Waals surface area contributed by atoms with E-state index in [9.17, 15) is 4.79 Å². The van der Waals surface area contributed by atoms with Crippen LogP contribution >= 0.6 is 11.6 Å². The van der Waals surface area contributed by atoms with E-state index < -0.39 is 0 Å². The Bertz CT molecular complexity index is 827. The van der Waals surface area contributed by atoms with Gasteiger partial charge in [-0.15, -0.1) is 0 Å². The van der Waals surface area contributed by atoms with Crippen molar-refractivity contribution in [3.8, 4) is 11.5 Å². The lowest BCUT2D eigenvalue weighted by Crippen LogP contribution is -2.34. The minimum atomic E-state index is -0.243. The summed E-state index contributed by atoms with van der Waals surface area (Å²) in [5, 5.41) is 3.57. The van der Waals surface area contributed by atoms with Crippen LogP contribution in [0.15, 0.2) is 42.5 Å². The molecule has 2 unspecified atom stereocenters. The van der Waals surface area contributed by atoms with E-state index in [0.29, 0.717) is 30.5 Å². The first-order valence-corrected chi connectivity index (χ1v) is 10.3. The molecule has 1 saturated heterocycles. The molecule has 0 radical (unpaired) electrons. The first-order chi connectivity index (χ1) is 14.0. The van der Waals surface area contributed by atoms with Gasteiger partial charge in [0.15, 0.2) is 0 Å². The first kappa shape index (κ1) is 21.4. The van der Waals surface area contributed by atoms with Crippen molar-refractivity contribution >= 4 is 17.5 Å². The molecule has 2 atom stereocenters. The van der Waals surface area contributed by atoms with Crippen LogP contribution in [0.3, 0.4) is 0 Å². The Morgan fingerprint density at radius 1 is 1.24 bits per heavy atom. The number of carbonyl (C=O) groups is 1. The smallest absolute Gasteiger partial charge is 0.226 e. The molecule has 29 heavy (non-hydrogen) atoms. The Kier molecular flexibility index (Phi) is 7.36. The van der Waals surface area contributed by atoms with Crippen molar-refractivity contribution in [2.45, 2.75) is 39.5 Å². The molecule has 0 bridgehead atoms. The minimum Gasteiger partial charge on any atom is -0.492 e. The second-order valence-electron chi connectivity index (χ2n) is 7.26. The maximum absolute atomic E-state index is 12.8. The van der Waals surface area contributed by atoms with E-state index in [1.165, 1.54) is 0 Å². The zero-order valence-electron chi connectivity index (χ0n) is 17.0. The molecule has 7 heteroatoms. The van der Waals surface area contributed by atoms with Gasteiger partial charge in [0, 0.05) is 13.1 Å². The molecule has 156 valence electrons. The van der Waals surface area contributed by atoms with Crippen molar-refractivity contribution in [3.05, 3.63) is 58.6 Å². The molecule has 0 spiro atoms. The minimum absolute atomic E-state index is 0.0139. The second kappa shape index (κ2) is 9.96. The predicted molar refractivity (Wildman–Crippen MR) is 114 cm³/mol. The normalized spacial score (nSPS) is 18.7. The van der Waals surface area contributed by atoms with Crippen LogP contribution in [0.25, 0.3) is 0 Å². The molecule has 2 aromatic carbocycles. The number of benzene rings is 2. The van der Waals surface area contributed by atoms with Crippen LogP contribution in [0.2, 0.25) is 5.02 Å². The fourth-order valence-corrected chi connectivity index (χ4v) is 3.56. The van der Waals surface area contributed by atoms with Gasteiger partial charge in [-0.05, 0) is 56.2 Å². The van der Waals surface area contributed by atoms with Crippen LogP contribution in [0.1, 0.15) is 37.9 Å². The van der Waals surface area contributed by atoms with E-state index in [0.717, 1.165) is 16.9 Å². The Hall–Kier alpha value is -2.28. The molecule has 1 aliphatic rings. The van der Waals surface area contributed by atoms with Gasteiger partial charge >= 0.3 is 0 Å². The standard InChI is InChI=1S/C22H28ClN3O3/c1-4-28-20-10-7-16(11-19(20)23)21-18(13-25-26-21)22(27)24-12-15-5-8-17(9-6-15)29-14(2)3/h5-11,14,18,21,25-26H,4,12-13H2,1-3H3,(H,24,27). The lowest BCUT2D eigenvalue weighted by Gasteiger charge is -2.19. The molecule has 1 aliphatic heterocycles. The van der Waals surface area contributed by atoms with E-state index >= 15 is 0 Å². The number of halogens is 1. The summed E-state index contributed by atoms with van der Waals surface area (Å²) in [4.78, 5) is 12.8. The number of carbonyl (C=O) groups excluding carboxylic acids is 1. The quantitative estimate of drug-likeness (QED) is 0.612. The highest BCUT2D eigenvalue weighted by Crippen LogP contribution is 2.32. The van der Waals surface area contributed by atoms with Gasteiger partial charge in [0.25, 0.3) is 0 Å². The maximum Gasteiger partial charge on any atom is 0.226 e. The SMILES string of the molecule is CCOc1ccc(C2NNCC2C(=O)NCc2ccc(OC(C)C)cc2)cc1Cl. The van der Waals surface area contributed by atoms with E-state index in [1.807, 2.05) is 63.2 Å². The Morgan fingerprint density at radius 3 is 2.66 bits per heavy atom. The van der Waals surface area contributed by atoms with Crippen LogP contribution in [0, 0.1) is 5.92 Å². The van der Waals surface area contributed by atoms with Gasteiger partial charge in [0.1, 0.15) is 11.5 Å². The molecule has 3 rings (SSSR count). The van der Waals surface area contributed by atoms with Crippen molar-refractivity contribution in [2.75, 3.05) is 13.2 Å². The summed E-state index contributed by atoms with van der Waals surface area (Å²) in [7, 11) is 0. The number of ether oxygens (including phenoxy) is 2. The van der Waals surface area contributed by atoms with E-state index in [1.54, 1.807) is 0 Å². The molecule has 0 saturated carbocycles. The van der Waals surface area contributed by atoms with Crippen LogP contribution in [-0.4, -0.2) is 25.2 Å². The van der Waals surface area contributed by atoms with E-state index in [4.69, 9.17) is 21.1 Å². The number of nitrogens with one attached hydrogen (secondary N) is 3. The lowest BCUT2D eigenvalue weighted by molar-refractivity contribution is -0.125. The fraction of sp³-hybridized carbons (Fsp3) is 0.409. The van der Waals surface area contributed by atoms with Gasteiger partial charge in [-0.3, -0.25) is 10.2 Å². The molecular weight excluding hydrogens is 390 g/mol. The van der Waals surface area contributed by atoms with Gasteiger partial charge in [0.05, 0.1) is 29.7 Å². The number of amides is 1. The van der Waals surface area contributed by atoms with Crippen molar-refractivity contribution in [1.29, 1.82) is 0 Å². The largest absolute Gasteiger partial charge is 0.492 e. The number of hydrogen-bond acceptors (Lipinski definition) is 5. The Morgan fingerprint density at radius 2 is 2.00 bits per heavy atom. The average molecular weight is 418 g/mol. The Labute approximate surface area is 176 Å². The van der Waals surface area contributed by atoms with Crippen LogP contribution in [0.5, 0.6) is 11.5 Å². The average Bonchev–Trinajstić information content (AvgIpc) is 3.18. The molecule has 2 aromatic rings. The molecule has 0 aromatic heterocycles. The summed E-state index contributed by atoms with van der Waals surface area (Å²) >= 11 is 6.32. The zero-order chi connectivity index (χ0) is 20.8. The lowest BCUT2D eigenvalue weighted by atomic mass is 9.94. The molecule has 3 N–H and O–H groups in total. The third kappa shape index (κ3) is 5.63. The highest BCUT2D eigenvalue weighted by molar-refractivity contribution is 6.32. The molecule has 1 fully saturated rings. The van der Waals surface area contributed by atoms with Gasteiger partial charge in [-0.1, -0.05) is 29.8 Å². The van der Waals surface area contributed by atoms with Crippen LogP contribution in [0.4, 0.5) is 0 Å². The summed E-state index contributed by atoms with van der Waals surface area (Å²) in [5.74, 6) is 1.22. The van der Waals surface area contributed by atoms with Gasteiger partial charge in [-0.2, -0.15) is 0 Å². The van der Waals surface area contributed by atoms with E-state index in [-0.39, 0.29) is 24.0 Å². The molecule has 1 amide bonds. The number of hydrogen-bond donors (Lipinski definition) is 3. The fourth-order valence-electron chi connectivity index (χ4n) is 3.32. The monoisotopic (exact) mass is 417 g/mol. The number of rotatable bonds is 8. The van der Waals surface area contributed by atoms with Gasteiger partial charge in [0.2, 0.25) is 5.91 Å².